The molecule has 128 valence electrons. The molecule has 0 spiro atoms. The van der Waals surface area contributed by atoms with Crippen molar-refractivity contribution < 1.29 is 22.3 Å². The highest BCUT2D eigenvalue weighted by atomic mass is 35.5. The molecule has 0 heterocycles. The molecular formula is C16H15ClFNO4S. The van der Waals surface area contributed by atoms with Crippen LogP contribution in [0.25, 0.3) is 0 Å². The van der Waals surface area contributed by atoms with Crippen LogP contribution in [-0.4, -0.2) is 20.9 Å². The van der Waals surface area contributed by atoms with Crippen LogP contribution >= 0.6 is 11.6 Å². The van der Waals surface area contributed by atoms with Gasteiger partial charge in [0, 0.05) is 11.6 Å². The van der Waals surface area contributed by atoms with Gasteiger partial charge in [0.05, 0.1) is 10.5 Å². The van der Waals surface area contributed by atoms with Crippen LogP contribution < -0.4 is 9.46 Å². The molecule has 24 heavy (non-hydrogen) atoms. The minimum Gasteiger partial charge on any atom is -0.423 e. The highest BCUT2D eigenvalue weighted by molar-refractivity contribution is 7.89. The zero-order valence-electron chi connectivity index (χ0n) is 13.0. The first-order valence-electron chi connectivity index (χ1n) is 7.02. The normalized spacial score (nSPS) is 11.3. The minimum absolute atomic E-state index is 0.170. The Morgan fingerprint density at radius 3 is 2.58 bits per heavy atom. The van der Waals surface area contributed by atoms with Gasteiger partial charge in [-0.15, -0.1) is 0 Å². The number of sulfonamides is 1. The van der Waals surface area contributed by atoms with E-state index in [4.69, 9.17) is 16.3 Å². The Morgan fingerprint density at radius 2 is 1.96 bits per heavy atom. The van der Waals surface area contributed by atoms with Gasteiger partial charge in [-0.3, -0.25) is 0 Å². The van der Waals surface area contributed by atoms with Crippen molar-refractivity contribution in [2.45, 2.75) is 18.7 Å². The zero-order valence-corrected chi connectivity index (χ0v) is 14.5. The minimum atomic E-state index is -3.81. The standard InChI is InChI=1S/C16H15ClFNO4S/c1-3-19-24(21,22)12-5-6-14(18)13(9-12)16(20)23-15-7-4-11(17)8-10(15)2/h4-9,19H,3H2,1-2H3. The van der Waals surface area contributed by atoms with Crippen molar-refractivity contribution in [3.63, 3.8) is 0 Å². The molecule has 0 bridgehead atoms. The van der Waals surface area contributed by atoms with Crippen LogP contribution in [0.1, 0.15) is 22.8 Å². The molecule has 0 unspecified atom stereocenters. The van der Waals surface area contributed by atoms with Gasteiger partial charge in [-0.2, -0.15) is 0 Å². The van der Waals surface area contributed by atoms with Gasteiger partial charge >= 0.3 is 5.97 Å². The summed E-state index contributed by atoms with van der Waals surface area (Å²) in [7, 11) is -3.81. The third-order valence-electron chi connectivity index (χ3n) is 3.14. The van der Waals surface area contributed by atoms with Crippen molar-refractivity contribution in [1.82, 2.24) is 4.72 Å². The number of rotatable bonds is 5. The van der Waals surface area contributed by atoms with E-state index >= 15 is 0 Å². The molecule has 0 amide bonds. The Hall–Kier alpha value is -1.96. The fourth-order valence-corrected chi connectivity index (χ4v) is 3.28. The summed E-state index contributed by atoms with van der Waals surface area (Å²) < 4.78 is 45.3. The molecule has 2 aromatic rings. The molecule has 0 atom stereocenters. The van der Waals surface area contributed by atoms with E-state index in [0.717, 1.165) is 18.2 Å². The molecule has 1 N–H and O–H groups in total. The van der Waals surface area contributed by atoms with E-state index in [1.54, 1.807) is 19.9 Å². The Labute approximate surface area is 144 Å². The average molecular weight is 372 g/mol. The number of hydrogen-bond donors (Lipinski definition) is 1. The van der Waals surface area contributed by atoms with Gasteiger partial charge in [-0.1, -0.05) is 18.5 Å². The lowest BCUT2D eigenvalue weighted by Crippen LogP contribution is -2.23. The molecule has 0 aliphatic heterocycles. The van der Waals surface area contributed by atoms with Crippen LogP contribution in [0.3, 0.4) is 0 Å². The quantitative estimate of drug-likeness (QED) is 0.646. The van der Waals surface area contributed by atoms with E-state index in [-0.39, 0.29) is 17.2 Å². The van der Waals surface area contributed by atoms with Crippen LogP contribution in [0.15, 0.2) is 41.3 Å². The van der Waals surface area contributed by atoms with Gasteiger partial charge in [-0.05, 0) is 48.9 Å². The predicted molar refractivity (Wildman–Crippen MR) is 88.4 cm³/mol. The largest absolute Gasteiger partial charge is 0.423 e. The number of ether oxygens (including phenoxy) is 1. The number of hydrogen-bond acceptors (Lipinski definition) is 4. The van der Waals surface area contributed by atoms with Gasteiger partial charge in [0.15, 0.2) is 0 Å². The maximum atomic E-state index is 13.9. The molecule has 0 radical (unpaired) electrons. The summed E-state index contributed by atoms with van der Waals surface area (Å²) in [6.07, 6.45) is 0. The zero-order chi connectivity index (χ0) is 17.9. The molecule has 2 aromatic carbocycles. The fourth-order valence-electron chi connectivity index (χ4n) is 1.98. The first-order valence-corrected chi connectivity index (χ1v) is 8.88. The molecular weight excluding hydrogens is 357 g/mol. The van der Waals surface area contributed by atoms with Crippen molar-refractivity contribution >= 4 is 27.6 Å². The second-order valence-corrected chi connectivity index (χ2v) is 7.15. The average Bonchev–Trinajstić information content (AvgIpc) is 2.50. The van der Waals surface area contributed by atoms with Crippen molar-refractivity contribution in [2.24, 2.45) is 0 Å². The molecule has 2 rings (SSSR count). The first-order chi connectivity index (χ1) is 11.2. The van der Waals surface area contributed by atoms with Gasteiger partial charge < -0.3 is 4.74 Å². The van der Waals surface area contributed by atoms with Crippen LogP contribution in [0.5, 0.6) is 5.75 Å². The van der Waals surface area contributed by atoms with Gasteiger partial charge in [0.1, 0.15) is 11.6 Å². The van der Waals surface area contributed by atoms with Crippen molar-refractivity contribution in [2.75, 3.05) is 6.54 Å². The molecule has 8 heteroatoms. The summed E-state index contributed by atoms with van der Waals surface area (Å²) in [5.41, 5.74) is 0.121. The number of aryl methyl sites for hydroxylation is 1. The molecule has 0 aliphatic carbocycles. The van der Waals surface area contributed by atoms with Crippen molar-refractivity contribution in [3.8, 4) is 5.75 Å². The Morgan fingerprint density at radius 1 is 1.25 bits per heavy atom. The Bertz CT molecular complexity index is 884. The van der Waals surface area contributed by atoms with E-state index in [9.17, 15) is 17.6 Å². The lowest BCUT2D eigenvalue weighted by molar-refractivity contribution is 0.0728. The van der Waals surface area contributed by atoms with E-state index in [2.05, 4.69) is 4.72 Å². The SMILES string of the molecule is CCNS(=O)(=O)c1ccc(F)c(C(=O)Oc2ccc(Cl)cc2C)c1. The fraction of sp³-hybridized carbons (Fsp3) is 0.188. The van der Waals surface area contributed by atoms with Crippen molar-refractivity contribution in [1.29, 1.82) is 0 Å². The van der Waals surface area contributed by atoms with Gasteiger partial charge in [0.2, 0.25) is 10.0 Å². The van der Waals surface area contributed by atoms with Crippen LogP contribution in [-0.2, 0) is 10.0 Å². The molecule has 0 aliphatic rings. The van der Waals surface area contributed by atoms with Crippen LogP contribution in [0.2, 0.25) is 5.02 Å². The molecule has 5 nitrogen and oxygen atoms in total. The topological polar surface area (TPSA) is 72.5 Å². The third-order valence-corrected chi connectivity index (χ3v) is 4.92. The number of halogens is 2. The predicted octanol–water partition coefficient (Wildman–Crippen LogP) is 3.30. The van der Waals surface area contributed by atoms with Gasteiger partial charge in [0.25, 0.3) is 0 Å². The van der Waals surface area contributed by atoms with E-state index in [1.807, 2.05) is 0 Å². The summed E-state index contributed by atoms with van der Waals surface area (Å²) >= 11 is 5.82. The summed E-state index contributed by atoms with van der Waals surface area (Å²) in [6, 6.07) is 7.53. The molecule has 0 saturated carbocycles. The Kier molecular flexibility index (Phi) is 5.58. The number of carbonyl (C=O) groups is 1. The monoisotopic (exact) mass is 371 g/mol. The maximum absolute atomic E-state index is 13.9. The number of esters is 1. The Balaban J connectivity index is 2.35. The number of nitrogens with one attached hydrogen (secondary N) is 1. The number of carbonyl (C=O) groups excluding carboxylic acids is 1. The molecule has 0 fully saturated rings. The third kappa shape index (κ3) is 4.11. The van der Waals surface area contributed by atoms with Gasteiger partial charge in [-0.25, -0.2) is 22.3 Å². The highest BCUT2D eigenvalue weighted by Gasteiger charge is 2.20. The van der Waals surface area contributed by atoms with Crippen LogP contribution in [0.4, 0.5) is 4.39 Å². The smallest absolute Gasteiger partial charge is 0.346 e. The summed E-state index contributed by atoms with van der Waals surface area (Å²) in [6.45, 7) is 3.46. The maximum Gasteiger partial charge on any atom is 0.346 e. The molecule has 0 aromatic heterocycles. The lowest BCUT2D eigenvalue weighted by Gasteiger charge is -2.10. The summed E-state index contributed by atoms with van der Waals surface area (Å²) in [4.78, 5) is 12.0. The first kappa shape index (κ1) is 18.4. The second kappa shape index (κ2) is 7.29. The molecule has 0 saturated heterocycles. The highest BCUT2D eigenvalue weighted by Crippen LogP contribution is 2.24. The van der Waals surface area contributed by atoms with E-state index < -0.39 is 27.4 Å². The van der Waals surface area contributed by atoms with Crippen LogP contribution in [0, 0.1) is 12.7 Å². The summed E-state index contributed by atoms with van der Waals surface area (Å²) in [5.74, 6) is -1.66. The van der Waals surface area contributed by atoms with E-state index in [1.165, 1.54) is 12.1 Å². The lowest BCUT2D eigenvalue weighted by atomic mass is 10.2. The summed E-state index contributed by atoms with van der Waals surface area (Å²) in [5, 5.41) is 0.470. The second-order valence-electron chi connectivity index (χ2n) is 4.94. The number of benzene rings is 2. The van der Waals surface area contributed by atoms with Crippen molar-refractivity contribution in [3.05, 3.63) is 58.4 Å². The van der Waals surface area contributed by atoms with E-state index in [0.29, 0.717) is 10.6 Å².